The number of hydrogen-bond acceptors (Lipinski definition) is 3. The number of nitrogens with one attached hydrogen (secondary N) is 1. The molecule has 0 aromatic heterocycles. The van der Waals surface area contributed by atoms with E-state index < -0.39 is 11.7 Å². The van der Waals surface area contributed by atoms with Gasteiger partial charge in [-0.15, -0.1) is 0 Å². The van der Waals surface area contributed by atoms with Crippen molar-refractivity contribution in [2.45, 2.75) is 6.61 Å². The summed E-state index contributed by atoms with van der Waals surface area (Å²) in [6.07, 6.45) is 0. The Hall–Kier alpha value is -2.18. The summed E-state index contributed by atoms with van der Waals surface area (Å²) in [6.45, 7) is 0.152. The van der Waals surface area contributed by atoms with E-state index in [2.05, 4.69) is 17.5 Å². The minimum absolute atomic E-state index is 0.102. The zero-order valence-electron chi connectivity index (χ0n) is 11.3. The summed E-state index contributed by atoms with van der Waals surface area (Å²) in [7, 11) is 0. The van der Waals surface area contributed by atoms with Crippen LogP contribution in [0.2, 0.25) is 5.02 Å². The molecule has 4 nitrogen and oxygen atoms in total. The quantitative estimate of drug-likeness (QED) is 0.841. The molecule has 114 valence electrons. The van der Waals surface area contributed by atoms with Gasteiger partial charge < -0.3 is 10.5 Å². The number of amides is 1. The SMILES string of the molecule is NC(=S)NC(=O)c1cccc(OCc2ccc(F)cc2Cl)c1. The van der Waals surface area contributed by atoms with Crippen molar-refractivity contribution < 1.29 is 13.9 Å². The molecule has 1 amide bonds. The molecule has 3 N–H and O–H groups in total. The Morgan fingerprint density at radius 1 is 1.32 bits per heavy atom. The van der Waals surface area contributed by atoms with Gasteiger partial charge in [-0.3, -0.25) is 10.1 Å². The highest BCUT2D eigenvalue weighted by atomic mass is 35.5. The molecule has 0 atom stereocenters. The van der Waals surface area contributed by atoms with Gasteiger partial charge >= 0.3 is 0 Å². The molecule has 0 fully saturated rings. The Morgan fingerprint density at radius 3 is 2.77 bits per heavy atom. The second kappa shape index (κ2) is 7.20. The summed E-state index contributed by atoms with van der Waals surface area (Å²) in [5, 5.41) is 2.50. The van der Waals surface area contributed by atoms with E-state index in [0.717, 1.165) is 0 Å². The Morgan fingerprint density at radius 2 is 2.09 bits per heavy atom. The first kappa shape index (κ1) is 16.2. The van der Waals surface area contributed by atoms with Crippen molar-refractivity contribution in [3.63, 3.8) is 0 Å². The van der Waals surface area contributed by atoms with Gasteiger partial charge in [-0.2, -0.15) is 0 Å². The summed E-state index contributed by atoms with van der Waals surface area (Å²) >= 11 is 10.5. The molecule has 2 aromatic carbocycles. The number of rotatable bonds is 4. The third-order valence-electron chi connectivity index (χ3n) is 2.74. The molecule has 0 saturated heterocycles. The fourth-order valence-electron chi connectivity index (χ4n) is 1.71. The van der Waals surface area contributed by atoms with Gasteiger partial charge in [0.15, 0.2) is 5.11 Å². The molecule has 0 aliphatic rings. The van der Waals surface area contributed by atoms with E-state index in [4.69, 9.17) is 22.1 Å². The number of benzene rings is 2. The van der Waals surface area contributed by atoms with E-state index in [1.807, 2.05) is 0 Å². The van der Waals surface area contributed by atoms with Crippen LogP contribution in [0.5, 0.6) is 5.75 Å². The summed E-state index contributed by atoms with van der Waals surface area (Å²) < 4.78 is 18.5. The summed E-state index contributed by atoms with van der Waals surface area (Å²) in [6, 6.07) is 10.6. The molecule has 2 aromatic rings. The fourth-order valence-corrected chi connectivity index (χ4v) is 2.03. The summed E-state index contributed by atoms with van der Waals surface area (Å²) in [5.41, 5.74) is 6.25. The monoisotopic (exact) mass is 338 g/mol. The molecule has 7 heteroatoms. The van der Waals surface area contributed by atoms with Crippen molar-refractivity contribution in [3.8, 4) is 5.75 Å². The van der Waals surface area contributed by atoms with Gasteiger partial charge in [0.05, 0.1) is 5.02 Å². The first-order valence-corrected chi connectivity index (χ1v) is 7.02. The maximum absolute atomic E-state index is 13.0. The first-order chi connectivity index (χ1) is 10.5. The van der Waals surface area contributed by atoms with Crippen molar-refractivity contribution in [2.75, 3.05) is 0 Å². The minimum atomic E-state index is -0.419. The van der Waals surface area contributed by atoms with E-state index in [9.17, 15) is 9.18 Å². The molecule has 2 rings (SSSR count). The number of nitrogens with two attached hydrogens (primary N) is 1. The lowest BCUT2D eigenvalue weighted by molar-refractivity contribution is 0.0977. The van der Waals surface area contributed by atoms with Crippen LogP contribution in [0.3, 0.4) is 0 Å². The standard InChI is InChI=1S/C15H12ClFN2O2S/c16-13-7-11(17)5-4-10(13)8-21-12-3-1-2-9(6-12)14(20)19-15(18)22/h1-7H,8H2,(H3,18,19,20,22). The molecular formula is C15H12ClFN2O2S. The average Bonchev–Trinajstić information content (AvgIpc) is 2.46. The normalized spacial score (nSPS) is 10.1. The number of thiocarbonyl (C=S) groups is 1. The molecule has 0 radical (unpaired) electrons. The van der Waals surface area contributed by atoms with E-state index in [1.54, 1.807) is 30.3 Å². The Bertz CT molecular complexity index is 724. The van der Waals surface area contributed by atoms with Crippen LogP contribution in [0.15, 0.2) is 42.5 Å². The second-order valence-corrected chi connectivity index (χ2v) is 5.22. The van der Waals surface area contributed by atoms with Crippen LogP contribution in [0.1, 0.15) is 15.9 Å². The number of halogens is 2. The van der Waals surface area contributed by atoms with Crippen LogP contribution >= 0.6 is 23.8 Å². The number of hydrogen-bond donors (Lipinski definition) is 2. The first-order valence-electron chi connectivity index (χ1n) is 6.23. The molecule has 0 saturated carbocycles. The predicted molar refractivity (Wildman–Crippen MR) is 86.4 cm³/mol. The van der Waals surface area contributed by atoms with Crippen LogP contribution in [-0.2, 0) is 6.61 Å². The molecular weight excluding hydrogens is 327 g/mol. The highest BCUT2D eigenvalue weighted by Crippen LogP contribution is 2.20. The van der Waals surface area contributed by atoms with Gasteiger partial charge in [-0.05, 0) is 42.5 Å². The fraction of sp³-hybridized carbons (Fsp3) is 0.0667. The highest BCUT2D eigenvalue weighted by Gasteiger charge is 2.08. The zero-order valence-corrected chi connectivity index (χ0v) is 12.9. The predicted octanol–water partition coefficient (Wildman–Crippen LogP) is 3.03. The highest BCUT2D eigenvalue weighted by molar-refractivity contribution is 7.80. The van der Waals surface area contributed by atoms with Crippen LogP contribution < -0.4 is 15.8 Å². The van der Waals surface area contributed by atoms with E-state index in [0.29, 0.717) is 16.9 Å². The van der Waals surface area contributed by atoms with Gasteiger partial charge in [0.25, 0.3) is 5.91 Å². The van der Waals surface area contributed by atoms with Crippen LogP contribution in [0.25, 0.3) is 0 Å². The maximum atomic E-state index is 13.0. The van der Waals surface area contributed by atoms with Crippen LogP contribution in [-0.4, -0.2) is 11.0 Å². The lowest BCUT2D eigenvalue weighted by atomic mass is 10.2. The molecule has 0 aliphatic carbocycles. The van der Waals surface area contributed by atoms with Crippen molar-refractivity contribution in [1.82, 2.24) is 5.32 Å². The zero-order chi connectivity index (χ0) is 16.1. The van der Waals surface area contributed by atoms with Crippen molar-refractivity contribution in [3.05, 3.63) is 64.4 Å². The third kappa shape index (κ3) is 4.41. The molecule has 0 heterocycles. The summed E-state index contributed by atoms with van der Waals surface area (Å²) in [4.78, 5) is 11.8. The van der Waals surface area contributed by atoms with Crippen LogP contribution in [0.4, 0.5) is 4.39 Å². The lowest BCUT2D eigenvalue weighted by Crippen LogP contribution is -2.34. The minimum Gasteiger partial charge on any atom is -0.489 e. The molecule has 0 aliphatic heterocycles. The molecule has 22 heavy (non-hydrogen) atoms. The second-order valence-electron chi connectivity index (χ2n) is 4.37. The summed E-state index contributed by atoms with van der Waals surface area (Å²) in [5.74, 6) is -0.362. The maximum Gasteiger partial charge on any atom is 0.257 e. The van der Waals surface area contributed by atoms with E-state index >= 15 is 0 Å². The van der Waals surface area contributed by atoms with E-state index in [-0.39, 0.29) is 16.7 Å². The number of carbonyl (C=O) groups is 1. The Kier molecular flexibility index (Phi) is 5.30. The van der Waals surface area contributed by atoms with Gasteiger partial charge in [-0.1, -0.05) is 23.7 Å². The molecule has 0 spiro atoms. The van der Waals surface area contributed by atoms with Gasteiger partial charge in [-0.25, -0.2) is 4.39 Å². The van der Waals surface area contributed by atoms with Gasteiger partial charge in [0.1, 0.15) is 18.2 Å². The Balaban J connectivity index is 2.07. The lowest BCUT2D eigenvalue weighted by Gasteiger charge is -2.09. The molecule has 0 bridgehead atoms. The van der Waals surface area contributed by atoms with Gasteiger partial charge in [0, 0.05) is 11.1 Å². The largest absolute Gasteiger partial charge is 0.489 e. The molecule has 0 unspecified atom stereocenters. The topological polar surface area (TPSA) is 64.3 Å². The van der Waals surface area contributed by atoms with Crippen molar-refractivity contribution in [2.24, 2.45) is 5.73 Å². The average molecular weight is 339 g/mol. The van der Waals surface area contributed by atoms with Crippen molar-refractivity contribution >= 4 is 34.8 Å². The smallest absolute Gasteiger partial charge is 0.257 e. The van der Waals surface area contributed by atoms with E-state index in [1.165, 1.54) is 12.1 Å². The Labute approximate surface area is 137 Å². The number of carbonyl (C=O) groups excluding carboxylic acids is 1. The van der Waals surface area contributed by atoms with Crippen molar-refractivity contribution in [1.29, 1.82) is 0 Å². The third-order valence-corrected chi connectivity index (χ3v) is 3.20. The van der Waals surface area contributed by atoms with Crippen LogP contribution in [0, 0.1) is 5.82 Å². The number of ether oxygens (including phenoxy) is 1. The van der Waals surface area contributed by atoms with Gasteiger partial charge in [0.2, 0.25) is 0 Å².